The van der Waals surface area contributed by atoms with Gasteiger partial charge in [-0.2, -0.15) is 0 Å². The van der Waals surface area contributed by atoms with Crippen molar-refractivity contribution >= 4 is 15.9 Å². The summed E-state index contributed by atoms with van der Waals surface area (Å²) in [6.45, 7) is 3.06. The number of sulfonamides is 1. The zero-order chi connectivity index (χ0) is 12.3. The number of aryl methyl sites for hydroxylation is 1. The maximum atomic E-state index is 11.4. The highest BCUT2D eigenvalue weighted by atomic mass is 32.2. The van der Waals surface area contributed by atoms with Crippen LogP contribution in [0.1, 0.15) is 23.0 Å². The first-order valence-electron chi connectivity index (χ1n) is 4.60. The average Bonchev–Trinajstić information content (AvgIpc) is 2.16. The van der Waals surface area contributed by atoms with Gasteiger partial charge < -0.3 is 4.98 Å². The molecule has 0 aliphatic rings. The number of carbonyl (C=O) groups is 1. The van der Waals surface area contributed by atoms with Gasteiger partial charge in [0.2, 0.25) is 10.0 Å². The van der Waals surface area contributed by atoms with Crippen LogP contribution in [0, 0.1) is 6.92 Å². The molecule has 7 heteroatoms. The molecule has 0 saturated heterocycles. The molecule has 0 unspecified atom stereocenters. The van der Waals surface area contributed by atoms with Gasteiger partial charge in [0.1, 0.15) is 5.56 Å². The quantitative estimate of drug-likeness (QED) is 0.767. The van der Waals surface area contributed by atoms with E-state index in [-0.39, 0.29) is 11.3 Å². The molecule has 0 aliphatic carbocycles. The zero-order valence-electron chi connectivity index (χ0n) is 8.90. The van der Waals surface area contributed by atoms with Crippen LogP contribution in [-0.4, -0.2) is 25.1 Å². The predicted octanol–water partition coefficient (Wildman–Crippen LogP) is -0.237. The molecule has 6 nitrogen and oxygen atoms in total. The summed E-state index contributed by atoms with van der Waals surface area (Å²) >= 11 is 0. The minimum atomic E-state index is -3.65. The van der Waals surface area contributed by atoms with Crippen molar-refractivity contribution in [3.8, 4) is 0 Å². The van der Waals surface area contributed by atoms with Crippen molar-refractivity contribution in [3.05, 3.63) is 33.7 Å². The second-order valence-corrected chi connectivity index (χ2v) is 5.24. The van der Waals surface area contributed by atoms with Gasteiger partial charge in [-0.3, -0.25) is 9.59 Å². The highest BCUT2D eigenvalue weighted by Gasteiger charge is 2.16. The first-order chi connectivity index (χ1) is 7.35. The molecule has 1 rings (SSSR count). The highest BCUT2D eigenvalue weighted by Crippen LogP contribution is 1.94. The zero-order valence-corrected chi connectivity index (χ0v) is 9.72. The van der Waals surface area contributed by atoms with Gasteiger partial charge in [-0.15, -0.1) is 0 Å². The molecule has 1 aromatic rings. The Bertz CT molecular complexity index is 559. The fraction of sp³-hybridized carbons (Fsp3) is 0.333. The van der Waals surface area contributed by atoms with E-state index >= 15 is 0 Å². The van der Waals surface area contributed by atoms with Gasteiger partial charge in [0.15, 0.2) is 5.43 Å². The second-order valence-electron chi connectivity index (χ2n) is 3.23. The topological polar surface area (TPSA) is 96.1 Å². The third-order valence-electron chi connectivity index (χ3n) is 1.93. The number of nitrogens with one attached hydrogen (secondary N) is 2. The summed E-state index contributed by atoms with van der Waals surface area (Å²) in [4.78, 5) is 25.5. The van der Waals surface area contributed by atoms with Crippen molar-refractivity contribution < 1.29 is 13.2 Å². The first-order valence-corrected chi connectivity index (χ1v) is 6.25. The van der Waals surface area contributed by atoms with E-state index in [0.717, 1.165) is 0 Å². The Hall–Kier alpha value is -1.63. The van der Waals surface area contributed by atoms with Gasteiger partial charge in [0.25, 0.3) is 5.91 Å². The maximum Gasteiger partial charge on any atom is 0.270 e. The number of aromatic amines is 1. The van der Waals surface area contributed by atoms with Crippen LogP contribution in [0.15, 0.2) is 17.1 Å². The molecular weight excluding hydrogens is 232 g/mol. The van der Waals surface area contributed by atoms with Gasteiger partial charge in [0, 0.05) is 18.0 Å². The number of pyridine rings is 1. The monoisotopic (exact) mass is 244 g/mol. The predicted molar refractivity (Wildman–Crippen MR) is 58.7 cm³/mol. The standard InChI is InChI=1S/C9H12N2O4S/c1-3-16(14,15)11-9(13)7-5-10-6(2)4-8(7)12/h4-5H,3H2,1-2H3,(H,10,12)(H,11,13). The van der Waals surface area contributed by atoms with Gasteiger partial charge in [-0.25, -0.2) is 13.1 Å². The Kier molecular flexibility index (Phi) is 3.48. The van der Waals surface area contributed by atoms with Gasteiger partial charge in [0.05, 0.1) is 5.75 Å². The van der Waals surface area contributed by atoms with Crippen molar-refractivity contribution in [2.24, 2.45) is 0 Å². The molecule has 0 aliphatic heterocycles. The smallest absolute Gasteiger partial charge is 0.270 e. The van der Waals surface area contributed by atoms with Crippen LogP contribution < -0.4 is 10.2 Å². The molecule has 0 saturated carbocycles. The molecule has 0 aromatic carbocycles. The van der Waals surface area contributed by atoms with Crippen LogP contribution in [0.5, 0.6) is 0 Å². The van der Waals surface area contributed by atoms with Crippen molar-refractivity contribution in [1.29, 1.82) is 0 Å². The summed E-state index contributed by atoms with van der Waals surface area (Å²) < 4.78 is 24.0. The fourth-order valence-corrected chi connectivity index (χ4v) is 1.56. The summed E-state index contributed by atoms with van der Waals surface area (Å²) in [5, 5.41) is 0. The Morgan fingerprint density at radius 2 is 2.12 bits per heavy atom. The lowest BCUT2D eigenvalue weighted by atomic mass is 10.2. The summed E-state index contributed by atoms with van der Waals surface area (Å²) in [7, 11) is -3.65. The van der Waals surface area contributed by atoms with Gasteiger partial charge >= 0.3 is 0 Å². The summed E-state index contributed by atoms with van der Waals surface area (Å²) in [5.41, 5.74) is -0.137. The molecule has 1 heterocycles. The van der Waals surface area contributed by atoms with Crippen LogP contribution in [0.25, 0.3) is 0 Å². The summed E-state index contributed by atoms with van der Waals surface area (Å²) in [6, 6.07) is 1.23. The van der Waals surface area contributed by atoms with Crippen molar-refractivity contribution in [2.45, 2.75) is 13.8 Å². The van der Waals surface area contributed by atoms with E-state index in [1.165, 1.54) is 19.2 Å². The second kappa shape index (κ2) is 4.48. The normalized spacial score (nSPS) is 11.1. The van der Waals surface area contributed by atoms with Crippen LogP contribution in [0.2, 0.25) is 0 Å². The van der Waals surface area contributed by atoms with Crippen LogP contribution in [-0.2, 0) is 10.0 Å². The van der Waals surface area contributed by atoms with Gasteiger partial charge in [-0.05, 0) is 13.8 Å². The molecule has 0 bridgehead atoms. The molecule has 0 spiro atoms. The van der Waals surface area contributed by atoms with Crippen LogP contribution in [0.4, 0.5) is 0 Å². The third kappa shape index (κ3) is 2.93. The molecule has 1 amide bonds. The number of amides is 1. The number of carbonyl (C=O) groups excluding carboxylic acids is 1. The fourth-order valence-electron chi connectivity index (χ4n) is 1.02. The maximum absolute atomic E-state index is 11.4. The number of aromatic nitrogens is 1. The Morgan fingerprint density at radius 1 is 1.50 bits per heavy atom. The lowest BCUT2D eigenvalue weighted by molar-refractivity contribution is 0.0980. The molecule has 0 atom stereocenters. The minimum Gasteiger partial charge on any atom is -0.364 e. The summed E-state index contributed by atoms with van der Waals surface area (Å²) in [6.07, 6.45) is 1.19. The Balaban J connectivity index is 3.03. The largest absolute Gasteiger partial charge is 0.364 e. The van der Waals surface area contributed by atoms with E-state index in [1.807, 2.05) is 0 Å². The highest BCUT2D eigenvalue weighted by molar-refractivity contribution is 7.90. The molecule has 0 fully saturated rings. The van der Waals surface area contributed by atoms with E-state index in [4.69, 9.17) is 0 Å². The number of hydrogen-bond acceptors (Lipinski definition) is 4. The molecule has 2 N–H and O–H groups in total. The van der Waals surface area contributed by atoms with E-state index < -0.39 is 21.4 Å². The lowest BCUT2D eigenvalue weighted by Crippen LogP contribution is -2.34. The van der Waals surface area contributed by atoms with E-state index in [9.17, 15) is 18.0 Å². The Morgan fingerprint density at radius 3 is 2.62 bits per heavy atom. The number of H-pyrrole nitrogens is 1. The molecule has 0 radical (unpaired) electrons. The van der Waals surface area contributed by atoms with Crippen molar-refractivity contribution in [3.63, 3.8) is 0 Å². The summed E-state index contributed by atoms with van der Waals surface area (Å²) in [5.74, 6) is -1.13. The minimum absolute atomic E-state index is 0.220. The number of hydrogen-bond donors (Lipinski definition) is 2. The third-order valence-corrected chi connectivity index (χ3v) is 3.19. The lowest BCUT2D eigenvalue weighted by Gasteiger charge is -2.04. The van der Waals surface area contributed by atoms with Crippen molar-refractivity contribution in [2.75, 3.05) is 5.75 Å². The van der Waals surface area contributed by atoms with E-state index in [2.05, 4.69) is 4.98 Å². The Labute approximate surface area is 92.7 Å². The molecule has 1 aromatic heterocycles. The molecule has 88 valence electrons. The van der Waals surface area contributed by atoms with Gasteiger partial charge in [-0.1, -0.05) is 0 Å². The van der Waals surface area contributed by atoms with Crippen molar-refractivity contribution in [1.82, 2.24) is 9.71 Å². The molecular formula is C9H12N2O4S. The number of rotatable bonds is 3. The average molecular weight is 244 g/mol. The van der Waals surface area contributed by atoms with Crippen LogP contribution in [0.3, 0.4) is 0 Å². The first kappa shape index (κ1) is 12.4. The molecule has 16 heavy (non-hydrogen) atoms. The van der Waals surface area contributed by atoms with Crippen LogP contribution >= 0.6 is 0 Å². The SMILES string of the molecule is CCS(=O)(=O)NC(=O)c1c[nH]c(C)cc1=O. The van der Waals surface area contributed by atoms with E-state index in [0.29, 0.717) is 5.69 Å². The van der Waals surface area contributed by atoms with E-state index in [1.54, 1.807) is 11.6 Å².